The third-order valence-corrected chi connectivity index (χ3v) is 6.44. The van der Waals surface area contributed by atoms with Crippen LogP contribution in [0.15, 0.2) is 35.0 Å². The highest BCUT2D eigenvalue weighted by atomic mass is 32.1. The molecule has 3 heterocycles. The van der Waals surface area contributed by atoms with Gasteiger partial charge >= 0.3 is 18.2 Å². The number of hydrogen-bond donors (Lipinski definition) is 3. The topological polar surface area (TPSA) is 89.9 Å². The van der Waals surface area contributed by atoms with Crippen molar-refractivity contribution in [2.45, 2.75) is 50.9 Å². The number of fused-ring (bicyclic) bond motifs is 2. The summed E-state index contributed by atoms with van der Waals surface area (Å²) in [6.07, 6.45) is -1.30. The number of benzene rings is 1. The van der Waals surface area contributed by atoms with Crippen LogP contribution in [0, 0.1) is 12.8 Å². The van der Waals surface area contributed by atoms with Gasteiger partial charge < -0.3 is 15.5 Å². The average Bonchev–Trinajstić information content (AvgIpc) is 3.36. The molecule has 174 valence electrons. The fourth-order valence-corrected chi connectivity index (χ4v) is 5.05. The molecule has 0 radical (unpaired) electrons. The van der Waals surface area contributed by atoms with E-state index in [-0.39, 0.29) is 0 Å². The summed E-state index contributed by atoms with van der Waals surface area (Å²) >= 11 is 1.64. The number of aliphatic carboxylic acids is 1. The van der Waals surface area contributed by atoms with Crippen molar-refractivity contribution < 1.29 is 33.0 Å². The Morgan fingerprint density at radius 3 is 2.28 bits per heavy atom. The van der Waals surface area contributed by atoms with Gasteiger partial charge in [0.2, 0.25) is 0 Å². The molecule has 0 saturated carbocycles. The predicted molar refractivity (Wildman–Crippen MR) is 116 cm³/mol. The van der Waals surface area contributed by atoms with Crippen LogP contribution in [0.25, 0.3) is 11.1 Å². The number of carboxylic acids is 1. The van der Waals surface area contributed by atoms with Gasteiger partial charge in [0.25, 0.3) is 0 Å². The lowest BCUT2D eigenvalue weighted by atomic mass is 9.91. The van der Waals surface area contributed by atoms with E-state index in [2.05, 4.69) is 29.8 Å². The molecule has 2 saturated heterocycles. The second-order valence-electron chi connectivity index (χ2n) is 8.20. The number of halogens is 3. The lowest BCUT2D eigenvalue weighted by Crippen LogP contribution is -2.43. The zero-order valence-corrected chi connectivity index (χ0v) is 18.2. The van der Waals surface area contributed by atoms with Crippen LogP contribution < -0.4 is 10.2 Å². The monoisotopic (exact) mass is 470 g/mol. The summed E-state index contributed by atoms with van der Waals surface area (Å²) in [5, 5.41) is 24.8. The van der Waals surface area contributed by atoms with Gasteiger partial charge in [-0.05, 0) is 73.0 Å². The first-order valence-corrected chi connectivity index (χ1v) is 11.2. The largest absolute Gasteiger partial charge is 0.490 e. The third-order valence-electron chi connectivity index (χ3n) is 5.76. The Kier molecular flexibility index (Phi) is 7.45. The van der Waals surface area contributed by atoms with Crippen LogP contribution in [0.5, 0.6) is 0 Å². The number of thiophene rings is 1. The number of piperidine rings is 1. The van der Waals surface area contributed by atoms with Gasteiger partial charge in [0.15, 0.2) is 0 Å². The summed E-state index contributed by atoms with van der Waals surface area (Å²) < 4.78 is 31.7. The molecule has 2 bridgehead atoms. The second-order valence-corrected chi connectivity index (χ2v) is 8.98. The fraction of sp³-hybridized carbons (Fsp3) is 0.455. The van der Waals surface area contributed by atoms with E-state index in [1.807, 2.05) is 17.5 Å². The molecular weight excluding hydrogens is 445 g/mol. The number of carbonyl (C=O) groups is 2. The van der Waals surface area contributed by atoms with Gasteiger partial charge in [-0.1, -0.05) is 11.6 Å². The number of amides is 1. The number of nitrogens with one attached hydrogen (secondary N) is 1. The van der Waals surface area contributed by atoms with Crippen molar-refractivity contribution in [2.75, 3.05) is 11.4 Å². The molecule has 2 aliphatic rings. The summed E-state index contributed by atoms with van der Waals surface area (Å²) in [6.45, 7) is 2.64. The van der Waals surface area contributed by atoms with Gasteiger partial charge in [-0.25, -0.2) is 9.59 Å². The Balaban J connectivity index is 0.000000360. The van der Waals surface area contributed by atoms with Gasteiger partial charge in [-0.15, -0.1) is 0 Å². The highest BCUT2D eigenvalue weighted by Crippen LogP contribution is 2.36. The minimum absolute atomic E-state index is 0.437. The van der Waals surface area contributed by atoms with Gasteiger partial charge in [0, 0.05) is 24.2 Å². The van der Waals surface area contributed by atoms with Crippen molar-refractivity contribution >= 4 is 29.1 Å². The number of nitrogens with zero attached hydrogens (tertiary/aromatic N) is 1. The molecule has 3 atom stereocenters. The predicted octanol–water partition coefficient (Wildman–Crippen LogP) is 5.37. The zero-order chi connectivity index (χ0) is 23.5. The molecular formula is C22H25F3N2O4S. The molecule has 32 heavy (non-hydrogen) atoms. The van der Waals surface area contributed by atoms with E-state index >= 15 is 0 Å². The summed E-state index contributed by atoms with van der Waals surface area (Å²) in [5.74, 6) is -2.32. The van der Waals surface area contributed by atoms with E-state index in [0.717, 1.165) is 35.2 Å². The molecule has 1 aromatic carbocycles. The number of alkyl halides is 3. The normalized spacial score (nSPS) is 22.1. The maximum Gasteiger partial charge on any atom is 0.490 e. The molecule has 0 unspecified atom stereocenters. The number of aryl methyl sites for hydroxylation is 1. The molecule has 2 fully saturated rings. The van der Waals surface area contributed by atoms with Crippen molar-refractivity contribution in [1.29, 1.82) is 0 Å². The van der Waals surface area contributed by atoms with Gasteiger partial charge in [-0.2, -0.15) is 24.5 Å². The number of anilines is 1. The minimum atomic E-state index is -5.08. The molecule has 4 rings (SSSR count). The van der Waals surface area contributed by atoms with Gasteiger partial charge in [0.05, 0.1) is 5.69 Å². The Hall–Kier alpha value is -2.59. The summed E-state index contributed by atoms with van der Waals surface area (Å²) in [7, 11) is 0. The highest BCUT2D eigenvalue weighted by Gasteiger charge is 2.38. The van der Waals surface area contributed by atoms with E-state index < -0.39 is 18.2 Å². The third kappa shape index (κ3) is 6.01. The lowest BCUT2D eigenvalue weighted by Gasteiger charge is -2.33. The second kappa shape index (κ2) is 9.91. The molecule has 1 amide bonds. The SMILES string of the molecule is Cc1ccc(N(C[C@H]2C[C@H]3CC[C@@H](C2)N3)C(=O)O)c(-c2ccsc2)c1.O=C(O)C(F)(F)F. The number of carboxylic acid groups (broad SMARTS) is 2. The van der Waals surface area contributed by atoms with Crippen molar-refractivity contribution in [3.8, 4) is 11.1 Å². The van der Waals surface area contributed by atoms with E-state index in [4.69, 9.17) is 9.90 Å². The summed E-state index contributed by atoms with van der Waals surface area (Å²) in [4.78, 5) is 22.5. The van der Waals surface area contributed by atoms with Crippen molar-refractivity contribution in [2.24, 2.45) is 5.92 Å². The summed E-state index contributed by atoms with van der Waals surface area (Å²) in [6, 6.07) is 9.29. The Morgan fingerprint density at radius 1 is 1.16 bits per heavy atom. The van der Waals surface area contributed by atoms with E-state index in [0.29, 0.717) is 24.5 Å². The first-order valence-electron chi connectivity index (χ1n) is 10.2. The van der Waals surface area contributed by atoms with Crippen molar-refractivity contribution in [3.63, 3.8) is 0 Å². The fourth-order valence-electron chi connectivity index (χ4n) is 4.40. The Labute approximate surface area is 187 Å². The van der Waals surface area contributed by atoms with Crippen LogP contribution in [0.4, 0.5) is 23.7 Å². The lowest BCUT2D eigenvalue weighted by molar-refractivity contribution is -0.192. The van der Waals surface area contributed by atoms with Crippen LogP contribution in [-0.4, -0.2) is 47.1 Å². The van der Waals surface area contributed by atoms with Crippen molar-refractivity contribution in [1.82, 2.24) is 5.32 Å². The summed E-state index contributed by atoms with van der Waals surface area (Å²) in [5.41, 5.74) is 4.07. The zero-order valence-electron chi connectivity index (χ0n) is 17.4. The van der Waals surface area contributed by atoms with Crippen LogP contribution in [0.1, 0.15) is 31.2 Å². The van der Waals surface area contributed by atoms with Gasteiger partial charge in [0.1, 0.15) is 0 Å². The Bertz CT molecular complexity index is 937. The van der Waals surface area contributed by atoms with Crippen LogP contribution in [0.3, 0.4) is 0 Å². The molecule has 10 heteroatoms. The molecule has 0 aliphatic carbocycles. The van der Waals surface area contributed by atoms with Crippen LogP contribution in [0.2, 0.25) is 0 Å². The quantitative estimate of drug-likeness (QED) is 0.559. The molecule has 2 aromatic rings. The highest BCUT2D eigenvalue weighted by molar-refractivity contribution is 7.08. The van der Waals surface area contributed by atoms with Gasteiger partial charge in [-0.3, -0.25) is 4.90 Å². The van der Waals surface area contributed by atoms with Crippen LogP contribution >= 0.6 is 11.3 Å². The molecule has 1 aromatic heterocycles. The average molecular weight is 471 g/mol. The number of hydrogen-bond acceptors (Lipinski definition) is 4. The first kappa shape index (κ1) is 24.1. The molecule has 6 nitrogen and oxygen atoms in total. The molecule has 0 spiro atoms. The van der Waals surface area contributed by atoms with Crippen molar-refractivity contribution in [3.05, 3.63) is 40.6 Å². The number of rotatable bonds is 4. The van der Waals surface area contributed by atoms with E-state index in [1.165, 1.54) is 12.8 Å². The van der Waals surface area contributed by atoms with E-state index in [1.54, 1.807) is 16.2 Å². The first-order chi connectivity index (χ1) is 15.0. The maximum atomic E-state index is 12.1. The molecule has 2 aliphatic heterocycles. The van der Waals surface area contributed by atoms with Crippen LogP contribution in [-0.2, 0) is 4.79 Å². The van der Waals surface area contributed by atoms with E-state index in [9.17, 15) is 23.1 Å². The minimum Gasteiger partial charge on any atom is -0.475 e. The molecule has 3 N–H and O–H groups in total. The standard InChI is InChI=1S/C20H24N2O2S.C2HF3O2/c1-13-2-5-19(18(8-13)15-6-7-25-12-15)22(20(23)24)11-14-9-16-3-4-17(10-14)21-16;3-2(4,5)1(6)7/h2,5-8,12,14,16-17,21H,3-4,9-11H2,1H3,(H,23,24);(H,6,7)/t14-,16+,17-;. The smallest absolute Gasteiger partial charge is 0.475 e. The maximum absolute atomic E-state index is 12.1. The Morgan fingerprint density at radius 2 is 1.78 bits per heavy atom.